The van der Waals surface area contributed by atoms with E-state index in [2.05, 4.69) is 15.6 Å². The van der Waals surface area contributed by atoms with Crippen molar-refractivity contribution in [1.29, 1.82) is 0 Å². The number of nitrogens with one attached hydrogen (secondary N) is 2. The van der Waals surface area contributed by atoms with Gasteiger partial charge in [0, 0.05) is 30.0 Å². The van der Waals surface area contributed by atoms with Crippen molar-refractivity contribution in [3.05, 3.63) is 83.3 Å². The van der Waals surface area contributed by atoms with Gasteiger partial charge in [0.25, 0.3) is 10.0 Å². The molecule has 31 heavy (non-hydrogen) atoms. The van der Waals surface area contributed by atoms with E-state index in [0.29, 0.717) is 28.8 Å². The Morgan fingerprint density at radius 3 is 2.58 bits per heavy atom. The van der Waals surface area contributed by atoms with E-state index >= 15 is 0 Å². The minimum atomic E-state index is -4.11. The van der Waals surface area contributed by atoms with Crippen molar-refractivity contribution in [1.82, 2.24) is 14.3 Å². The molecule has 2 aromatic heterocycles. The van der Waals surface area contributed by atoms with Crippen LogP contribution in [0.1, 0.15) is 5.56 Å². The molecule has 160 valence electrons. The monoisotopic (exact) mass is 462 g/mol. The molecule has 0 radical (unpaired) electrons. The van der Waals surface area contributed by atoms with E-state index in [0.717, 1.165) is 28.0 Å². The standard InChI is InChI=1S/C21H17ClF2N4O2S/c1-25-9-13-12-28(31(29,30)17-6-15(24)10-26-11-17)21-8-16(3-4-18(13)21)27-20-5-2-14(23)7-19(20)22/h2-8,10-12,25,27H,9H2,1H3. The van der Waals surface area contributed by atoms with Gasteiger partial charge < -0.3 is 10.6 Å². The summed E-state index contributed by atoms with van der Waals surface area (Å²) >= 11 is 6.09. The molecule has 0 bridgehead atoms. The van der Waals surface area contributed by atoms with Gasteiger partial charge in [0.1, 0.15) is 16.5 Å². The minimum absolute atomic E-state index is 0.185. The molecular weight excluding hydrogens is 446 g/mol. The third-order valence-electron chi connectivity index (χ3n) is 4.67. The highest BCUT2D eigenvalue weighted by Gasteiger charge is 2.22. The summed E-state index contributed by atoms with van der Waals surface area (Å²) in [7, 11) is -2.36. The number of aromatic nitrogens is 2. The summed E-state index contributed by atoms with van der Waals surface area (Å²) in [6.45, 7) is 0.428. The Kier molecular flexibility index (Phi) is 5.65. The lowest BCUT2D eigenvalue weighted by Gasteiger charge is -2.11. The zero-order chi connectivity index (χ0) is 22.2. The quantitative estimate of drug-likeness (QED) is 0.435. The van der Waals surface area contributed by atoms with Crippen molar-refractivity contribution in [3.63, 3.8) is 0 Å². The molecule has 4 aromatic rings. The number of benzene rings is 2. The molecule has 2 heterocycles. The highest BCUT2D eigenvalue weighted by atomic mass is 35.5. The van der Waals surface area contributed by atoms with Crippen LogP contribution in [-0.2, 0) is 16.6 Å². The molecule has 0 atom stereocenters. The fourth-order valence-electron chi connectivity index (χ4n) is 3.27. The number of rotatable bonds is 6. The number of hydrogen-bond donors (Lipinski definition) is 2. The molecule has 0 spiro atoms. The molecule has 0 saturated carbocycles. The predicted octanol–water partition coefficient (Wildman–Crippen LogP) is 4.67. The molecule has 0 aliphatic rings. The Hall–Kier alpha value is -3.01. The molecule has 6 nitrogen and oxygen atoms in total. The van der Waals surface area contributed by atoms with E-state index in [9.17, 15) is 17.2 Å². The van der Waals surface area contributed by atoms with Crippen LogP contribution in [0, 0.1) is 11.6 Å². The normalized spacial score (nSPS) is 11.7. The average Bonchev–Trinajstić information content (AvgIpc) is 3.09. The van der Waals surface area contributed by atoms with Gasteiger partial charge in [0.05, 0.1) is 22.4 Å². The second kappa shape index (κ2) is 8.26. The largest absolute Gasteiger partial charge is 0.354 e. The summed E-state index contributed by atoms with van der Waals surface area (Å²) in [6.07, 6.45) is 3.53. The zero-order valence-corrected chi connectivity index (χ0v) is 17.8. The van der Waals surface area contributed by atoms with E-state index in [1.165, 1.54) is 24.4 Å². The van der Waals surface area contributed by atoms with Gasteiger partial charge in [-0.3, -0.25) is 4.98 Å². The number of anilines is 2. The van der Waals surface area contributed by atoms with Crippen molar-refractivity contribution < 1.29 is 17.2 Å². The average molecular weight is 463 g/mol. The third kappa shape index (κ3) is 4.12. The summed E-state index contributed by atoms with van der Waals surface area (Å²) in [4.78, 5) is 3.39. The van der Waals surface area contributed by atoms with Crippen LogP contribution < -0.4 is 10.6 Å². The highest BCUT2D eigenvalue weighted by molar-refractivity contribution is 7.90. The van der Waals surface area contributed by atoms with E-state index in [1.54, 1.807) is 25.2 Å². The van der Waals surface area contributed by atoms with Crippen LogP contribution in [0.2, 0.25) is 5.02 Å². The van der Waals surface area contributed by atoms with Crippen LogP contribution in [-0.4, -0.2) is 24.4 Å². The lowest BCUT2D eigenvalue weighted by molar-refractivity contribution is 0.582. The first-order valence-corrected chi connectivity index (χ1v) is 11.0. The van der Waals surface area contributed by atoms with E-state index < -0.39 is 21.7 Å². The Morgan fingerprint density at radius 1 is 1.06 bits per heavy atom. The molecule has 2 aromatic carbocycles. The first-order chi connectivity index (χ1) is 14.8. The number of pyridine rings is 1. The third-order valence-corrected chi connectivity index (χ3v) is 6.62. The highest BCUT2D eigenvalue weighted by Crippen LogP contribution is 2.31. The van der Waals surface area contributed by atoms with E-state index in [1.807, 2.05) is 0 Å². The lowest BCUT2D eigenvalue weighted by Crippen LogP contribution is -2.13. The van der Waals surface area contributed by atoms with Crippen molar-refractivity contribution in [2.75, 3.05) is 12.4 Å². The maximum atomic E-state index is 13.6. The van der Waals surface area contributed by atoms with Crippen LogP contribution in [0.25, 0.3) is 10.9 Å². The molecule has 0 unspecified atom stereocenters. The van der Waals surface area contributed by atoms with Crippen LogP contribution in [0.15, 0.2) is 66.0 Å². The van der Waals surface area contributed by atoms with Gasteiger partial charge >= 0.3 is 0 Å². The van der Waals surface area contributed by atoms with Gasteiger partial charge in [-0.2, -0.15) is 0 Å². The summed E-state index contributed by atoms with van der Waals surface area (Å²) in [5, 5.41) is 6.97. The summed E-state index contributed by atoms with van der Waals surface area (Å²) in [5.41, 5.74) is 2.15. The molecule has 0 aliphatic carbocycles. The SMILES string of the molecule is CNCc1cn(S(=O)(=O)c2cncc(F)c2)c2cc(Nc3ccc(F)cc3Cl)ccc12. The summed E-state index contributed by atoms with van der Waals surface area (Å²) in [5.74, 6) is -1.22. The van der Waals surface area contributed by atoms with Gasteiger partial charge in [-0.25, -0.2) is 21.2 Å². The van der Waals surface area contributed by atoms with Crippen molar-refractivity contribution in [3.8, 4) is 0 Å². The first-order valence-electron chi connectivity index (χ1n) is 9.16. The summed E-state index contributed by atoms with van der Waals surface area (Å²) < 4.78 is 54.5. The topological polar surface area (TPSA) is 76.0 Å². The number of hydrogen-bond acceptors (Lipinski definition) is 5. The predicted molar refractivity (Wildman–Crippen MR) is 116 cm³/mol. The molecule has 0 fully saturated rings. The van der Waals surface area contributed by atoms with Crippen molar-refractivity contribution in [2.45, 2.75) is 11.4 Å². The minimum Gasteiger partial charge on any atom is -0.354 e. The molecule has 10 heteroatoms. The van der Waals surface area contributed by atoms with Crippen LogP contribution >= 0.6 is 11.6 Å². The molecule has 4 rings (SSSR count). The smallest absolute Gasteiger partial charge is 0.269 e. The Morgan fingerprint density at radius 2 is 1.87 bits per heavy atom. The van der Waals surface area contributed by atoms with Crippen molar-refractivity contribution >= 4 is 43.9 Å². The zero-order valence-electron chi connectivity index (χ0n) is 16.2. The maximum absolute atomic E-state index is 13.6. The second-order valence-electron chi connectivity index (χ2n) is 6.81. The van der Waals surface area contributed by atoms with Gasteiger partial charge in [0.2, 0.25) is 0 Å². The van der Waals surface area contributed by atoms with E-state index in [4.69, 9.17) is 11.6 Å². The molecule has 0 saturated heterocycles. The fourth-order valence-corrected chi connectivity index (χ4v) is 4.84. The van der Waals surface area contributed by atoms with Gasteiger partial charge in [-0.15, -0.1) is 0 Å². The molecule has 0 aliphatic heterocycles. The maximum Gasteiger partial charge on any atom is 0.269 e. The van der Waals surface area contributed by atoms with Gasteiger partial charge in [-0.05, 0) is 49.0 Å². The van der Waals surface area contributed by atoms with E-state index in [-0.39, 0.29) is 9.92 Å². The number of halogens is 3. The fraction of sp³-hybridized carbons (Fsp3) is 0.0952. The molecular formula is C21H17ClF2N4O2S. The number of nitrogens with zero attached hydrogens (tertiary/aromatic N) is 2. The first kappa shape index (κ1) is 21.2. The van der Waals surface area contributed by atoms with Crippen LogP contribution in [0.3, 0.4) is 0 Å². The Bertz CT molecular complexity index is 1390. The molecule has 0 amide bonds. The van der Waals surface area contributed by atoms with Gasteiger partial charge in [0.15, 0.2) is 0 Å². The Balaban J connectivity index is 1.85. The second-order valence-corrected chi connectivity index (χ2v) is 9.03. The lowest BCUT2D eigenvalue weighted by atomic mass is 10.1. The Labute approximate surface area is 182 Å². The number of fused-ring (bicyclic) bond motifs is 1. The van der Waals surface area contributed by atoms with Crippen LogP contribution in [0.4, 0.5) is 20.2 Å². The summed E-state index contributed by atoms with van der Waals surface area (Å²) in [6, 6.07) is 10.0. The van der Waals surface area contributed by atoms with Crippen LogP contribution in [0.5, 0.6) is 0 Å². The van der Waals surface area contributed by atoms with Crippen molar-refractivity contribution in [2.24, 2.45) is 0 Å². The molecule has 2 N–H and O–H groups in total. The van der Waals surface area contributed by atoms with Gasteiger partial charge in [-0.1, -0.05) is 17.7 Å².